The van der Waals surface area contributed by atoms with Gasteiger partial charge < -0.3 is 10.2 Å². The summed E-state index contributed by atoms with van der Waals surface area (Å²) in [5.41, 5.74) is 1.36. The smallest absolute Gasteiger partial charge is 0.256 e. The second kappa shape index (κ2) is 8.66. The molecule has 1 unspecified atom stereocenters. The van der Waals surface area contributed by atoms with Crippen molar-refractivity contribution in [3.63, 3.8) is 0 Å². The van der Waals surface area contributed by atoms with Gasteiger partial charge in [-0.1, -0.05) is 35.9 Å². The molecule has 0 bridgehead atoms. The highest BCUT2D eigenvalue weighted by Crippen LogP contribution is 2.36. The van der Waals surface area contributed by atoms with Gasteiger partial charge in [-0.25, -0.2) is 4.39 Å². The summed E-state index contributed by atoms with van der Waals surface area (Å²) in [7, 11) is 0. The van der Waals surface area contributed by atoms with Crippen molar-refractivity contribution in [1.82, 2.24) is 4.90 Å². The molecule has 0 aliphatic carbocycles. The van der Waals surface area contributed by atoms with E-state index in [9.17, 15) is 14.0 Å². The van der Waals surface area contributed by atoms with Crippen molar-refractivity contribution < 1.29 is 14.0 Å². The van der Waals surface area contributed by atoms with Gasteiger partial charge in [0.25, 0.3) is 11.8 Å². The van der Waals surface area contributed by atoms with Crippen molar-refractivity contribution in [3.8, 4) is 0 Å². The molecule has 0 radical (unpaired) electrons. The molecule has 1 N–H and O–H groups in total. The van der Waals surface area contributed by atoms with Gasteiger partial charge in [0.1, 0.15) is 5.82 Å². The van der Waals surface area contributed by atoms with Crippen molar-refractivity contribution in [3.05, 3.63) is 87.1 Å². The normalized spacial score (nSPS) is 17.9. The second-order valence-corrected chi connectivity index (χ2v) is 8.74. The number of carbonyl (C=O) groups excluding carboxylic acids is 2. The quantitative estimate of drug-likeness (QED) is 0.688. The molecule has 0 saturated carbocycles. The maximum atomic E-state index is 13.7. The number of rotatable bonds is 3. The summed E-state index contributed by atoms with van der Waals surface area (Å²) in [5.74, 6) is -0.0141. The fraction of sp³-hybridized carbons (Fsp3) is 0.217. The van der Waals surface area contributed by atoms with Gasteiger partial charge in [-0.3, -0.25) is 9.59 Å². The minimum absolute atomic E-state index is 0.0731. The van der Waals surface area contributed by atoms with Crippen molar-refractivity contribution in [1.29, 1.82) is 0 Å². The van der Waals surface area contributed by atoms with E-state index in [0.29, 0.717) is 17.8 Å². The number of benzene rings is 2. The molecular weight excluding hydrogens is 423 g/mol. The molecule has 1 saturated heterocycles. The third kappa shape index (κ3) is 4.02. The van der Waals surface area contributed by atoms with Gasteiger partial charge in [0.05, 0.1) is 16.6 Å². The first-order valence-corrected chi connectivity index (χ1v) is 11.0. The fourth-order valence-corrected chi connectivity index (χ4v) is 5.11. The topological polar surface area (TPSA) is 49.4 Å². The molecule has 2 aliphatic heterocycles. The van der Waals surface area contributed by atoms with Crippen LogP contribution in [0.2, 0.25) is 5.02 Å². The first-order chi connectivity index (χ1) is 14.5. The Hall–Kier alpha value is -2.57. The van der Waals surface area contributed by atoms with E-state index in [1.807, 2.05) is 17.1 Å². The van der Waals surface area contributed by atoms with Crippen LogP contribution in [0.5, 0.6) is 0 Å². The van der Waals surface area contributed by atoms with Crippen LogP contribution in [-0.2, 0) is 0 Å². The van der Waals surface area contributed by atoms with E-state index < -0.39 is 11.7 Å². The molecular formula is C23H20ClFN2O2S. The van der Waals surface area contributed by atoms with Gasteiger partial charge >= 0.3 is 0 Å². The molecule has 2 heterocycles. The van der Waals surface area contributed by atoms with Crippen LogP contribution in [0.15, 0.2) is 59.5 Å². The predicted molar refractivity (Wildman–Crippen MR) is 120 cm³/mol. The molecule has 2 amide bonds. The third-order valence-corrected chi connectivity index (χ3v) is 6.79. The van der Waals surface area contributed by atoms with E-state index in [1.165, 1.54) is 17.0 Å². The lowest BCUT2D eigenvalue weighted by Crippen LogP contribution is -2.39. The number of nitrogens with one attached hydrogen (secondary N) is 1. The number of hydrogen-bond acceptors (Lipinski definition) is 3. The number of thioether (sulfide) groups is 1. The number of nitrogens with zero attached hydrogens (tertiary/aromatic N) is 1. The van der Waals surface area contributed by atoms with Crippen LogP contribution in [0.3, 0.4) is 0 Å². The number of halogens is 2. The summed E-state index contributed by atoms with van der Waals surface area (Å²) in [4.78, 5) is 28.7. The summed E-state index contributed by atoms with van der Waals surface area (Å²) in [6.07, 6.45) is 6.95. The number of carbonyl (C=O) groups is 2. The summed E-state index contributed by atoms with van der Waals surface area (Å²) < 4.78 is 13.7. The highest BCUT2D eigenvalue weighted by Gasteiger charge is 2.32. The minimum atomic E-state index is -0.438. The van der Waals surface area contributed by atoms with Crippen LogP contribution in [0.4, 0.5) is 10.1 Å². The maximum Gasteiger partial charge on any atom is 0.256 e. The largest absolute Gasteiger partial charge is 0.327 e. The van der Waals surface area contributed by atoms with Gasteiger partial charge in [-0.2, -0.15) is 0 Å². The zero-order valence-electron chi connectivity index (χ0n) is 16.3. The molecule has 7 heteroatoms. The maximum absolute atomic E-state index is 13.7. The van der Waals surface area contributed by atoms with E-state index >= 15 is 0 Å². The molecule has 0 spiro atoms. The first kappa shape index (κ1) is 20.7. The molecule has 4 nitrogen and oxygen atoms in total. The van der Waals surface area contributed by atoms with E-state index in [2.05, 4.69) is 11.4 Å². The SMILES string of the molecule is Cc1c(F)cccc1C(=O)Nc1ccc(C(=O)N2CC=CC=C3SCCC32)c(Cl)c1. The Morgan fingerprint density at radius 3 is 2.87 bits per heavy atom. The zero-order chi connectivity index (χ0) is 21.3. The molecule has 2 aromatic rings. The lowest BCUT2D eigenvalue weighted by atomic mass is 10.1. The van der Waals surface area contributed by atoms with E-state index in [-0.39, 0.29) is 28.1 Å². The lowest BCUT2D eigenvalue weighted by Gasteiger charge is -2.28. The average molecular weight is 443 g/mol. The number of fused-ring (bicyclic) bond motifs is 1. The Morgan fingerprint density at radius 1 is 1.23 bits per heavy atom. The van der Waals surface area contributed by atoms with Crippen molar-refractivity contribution in [2.75, 3.05) is 17.6 Å². The number of allylic oxidation sites excluding steroid dienone is 2. The Morgan fingerprint density at radius 2 is 2.07 bits per heavy atom. The first-order valence-electron chi connectivity index (χ1n) is 9.62. The van der Waals surface area contributed by atoms with Crippen LogP contribution in [0.1, 0.15) is 32.7 Å². The number of anilines is 1. The van der Waals surface area contributed by atoms with Crippen LogP contribution in [0, 0.1) is 12.7 Å². The van der Waals surface area contributed by atoms with Gasteiger partial charge in [0.2, 0.25) is 0 Å². The summed E-state index contributed by atoms with van der Waals surface area (Å²) >= 11 is 8.19. The van der Waals surface area contributed by atoms with Gasteiger partial charge in [-0.05, 0) is 49.2 Å². The molecule has 1 fully saturated rings. The Labute approximate surface area is 183 Å². The molecule has 30 heavy (non-hydrogen) atoms. The van der Waals surface area contributed by atoms with E-state index in [1.54, 1.807) is 43.0 Å². The van der Waals surface area contributed by atoms with Gasteiger partial charge in [-0.15, -0.1) is 11.8 Å². The van der Waals surface area contributed by atoms with E-state index in [4.69, 9.17) is 11.6 Å². The van der Waals surface area contributed by atoms with Gasteiger partial charge in [0.15, 0.2) is 0 Å². The highest BCUT2D eigenvalue weighted by atomic mass is 35.5. The van der Waals surface area contributed by atoms with Crippen molar-refractivity contribution >= 4 is 40.9 Å². The van der Waals surface area contributed by atoms with Crippen molar-refractivity contribution in [2.24, 2.45) is 0 Å². The van der Waals surface area contributed by atoms with Crippen LogP contribution < -0.4 is 5.32 Å². The van der Waals surface area contributed by atoms with Crippen LogP contribution >= 0.6 is 23.4 Å². The summed E-state index contributed by atoms with van der Waals surface area (Å²) in [6, 6.07) is 9.25. The second-order valence-electron chi connectivity index (χ2n) is 7.17. The summed E-state index contributed by atoms with van der Waals surface area (Å²) in [5, 5.41) is 2.98. The molecule has 1 atom stereocenters. The van der Waals surface area contributed by atoms with Crippen LogP contribution in [-0.4, -0.2) is 35.1 Å². The highest BCUT2D eigenvalue weighted by molar-refractivity contribution is 8.03. The Kier molecular flexibility index (Phi) is 5.97. The average Bonchev–Trinajstić information content (AvgIpc) is 3.09. The van der Waals surface area contributed by atoms with Gasteiger partial charge in [0, 0.05) is 28.5 Å². The monoisotopic (exact) mass is 442 g/mol. The standard InChI is InChI=1S/C23H20ClFN2O2S/c1-14-16(5-4-6-19(14)25)22(28)26-15-8-9-17(18(24)13-15)23(29)27-11-3-2-7-21-20(27)10-12-30-21/h2-9,13,20H,10-12H2,1H3,(H,26,28). The molecule has 2 aromatic carbocycles. The van der Waals surface area contributed by atoms with E-state index in [0.717, 1.165) is 12.2 Å². The number of amides is 2. The predicted octanol–water partition coefficient (Wildman–Crippen LogP) is 5.44. The minimum Gasteiger partial charge on any atom is -0.327 e. The molecule has 154 valence electrons. The Bertz CT molecular complexity index is 1080. The van der Waals surface area contributed by atoms with Crippen molar-refractivity contribution in [2.45, 2.75) is 19.4 Å². The molecule has 2 aliphatic rings. The zero-order valence-corrected chi connectivity index (χ0v) is 17.9. The fourth-order valence-electron chi connectivity index (χ4n) is 3.66. The Balaban J connectivity index is 1.54. The number of hydrogen-bond donors (Lipinski definition) is 1. The molecule has 0 aromatic heterocycles. The lowest BCUT2D eigenvalue weighted by molar-refractivity contribution is 0.0734. The van der Waals surface area contributed by atoms with Crippen LogP contribution in [0.25, 0.3) is 0 Å². The molecule has 4 rings (SSSR count). The summed E-state index contributed by atoms with van der Waals surface area (Å²) in [6.45, 7) is 2.08. The third-order valence-electron chi connectivity index (χ3n) is 5.29.